The van der Waals surface area contributed by atoms with Gasteiger partial charge in [-0.2, -0.15) is 4.98 Å². The van der Waals surface area contributed by atoms with E-state index in [2.05, 4.69) is 27.7 Å². The van der Waals surface area contributed by atoms with Crippen LogP contribution in [0.3, 0.4) is 0 Å². The number of aryl methyl sites for hydroxylation is 1. The number of hydrogen-bond donors (Lipinski definition) is 2. The predicted octanol–water partition coefficient (Wildman–Crippen LogP) is 2.84. The molecule has 128 valence electrons. The lowest BCUT2D eigenvalue weighted by Gasteiger charge is -2.30. The van der Waals surface area contributed by atoms with Crippen LogP contribution in [-0.2, 0) is 10.5 Å². The van der Waals surface area contributed by atoms with Gasteiger partial charge in [0.05, 0.1) is 5.75 Å². The van der Waals surface area contributed by atoms with Crippen molar-refractivity contribution in [1.29, 1.82) is 0 Å². The Labute approximate surface area is 145 Å². The quantitative estimate of drug-likeness (QED) is 0.837. The number of carbonyl (C=O) groups is 1. The van der Waals surface area contributed by atoms with Crippen LogP contribution in [0.25, 0.3) is 11.4 Å². The molecule has 0 bridgehead atoms. The normalized spacial score (nSPS) is 20.8. The topological polar surface area (TPSA) is 80.1 Å². The van der Waals surface area contributed by atoms with Gasteiger partial charge < -0.3 is 9.84 Å². The molecule has 1 saturated heterocycles. The van der Waals surface area contributed by atoms with E-state index in [4.69, 9.17) is 4.52 Å². The summed E-state index contributed by atoms with van der Waals surface area (Å²) in [6, 6.07) is 8.24. The summed E-state index contributed by atoms with van der Waals surface area (Å²) in [5, 5.41) is 10.4. The van der Waals surface area contributed by atoms with Crippen LogP contribution in [0.5, 0.6) is 0 Å². The summed E-state index contributed by atoms with van der Waals surface area (Å²) in [5.41, 5.74) is 1.99. The minimum atomic E-state index is -0.114. The van der Waals surface area contributed by atoms with E-state index in [9.17, 15) is 4.79 Å². The maximum Gasteiger partial charge on any atom is 0.237 e. The Bertz CT molecular complexity index is 703. The smallest absolute Gasteiger partial charge is 0.237 e. The summed E-state index contributed by atoms with van der Waals surface area (Å²) in [6.45, 7) is 4.16. The number of carbonyl (C=O) groups excluding carboxylic acids is 1. The highest BCUT2D eigenvalue weighted by atomic mass is 32.2. The summed E-state index contributed by atoms with van der Waals surface area (Å²) in [4.78, 5) is 16.2. The van der Waals surface area contributed by atoms with Crippen molar-refractivity contribution in [1.82, 2.24) is 20.8 Å². The number of thioether (sulfide) groups is 1. The maximum absolute atomic E-state index is 11.8. The van der Waals surface area contributed by atoms with E-state index in [0.717, 1.165) is 24.0 Å². The molecule has 1 fully saturated rings. The molecule has 2 N–H and O–H groups in total. The summed E-state index contributed by atoms with van der Waals surface area (Å²) in [6.07, 6.45) is 2.61. The number of hydrogen-bond acceptors (Lipinski definition) is 6. The van der Waals surface area contributed by atoms with E-state index >= 15 is 0 Å². The Morgan fingerprint density at radius 1 is 1.42 bits per heavy atom. The first kappa shape index (κ1) is 17.0. The van der Waals surface area contributed by atoms with Crippen molar-refractivity contribution in [3.8, 4) is 11.4 Å². The largest absolute Gasteiger partial charge is 0.338 e. The number of amides is 1. The molecule has 0 saturated carbocycles. The first-order valence-electron chi connectivity index (χ1n) is 8.20. The summed E-state index contributed by atoms with van der Waals surface area (Å²) in [7, 11) is 0. The van der Waals surface area contributed by atoms with Crippen LogP contribution in [0, 0.1) is 6.92 Å². The second-order valence-corrected chi connectivity index (χ2v) is 7.09. The van der Waals surface area contributed by atoms with E-state index < -0.39 is 0 Å². The minimum absolute atomic E-state index is 0.0932. The fourth-order valence-electron chi connectivity index (χ4n) is 2.74. The third-order valence-corrected chi connectivity index (χ3v) is 4.87. The summed E-state index contributed by atoms with van der Waals surface area (Å²) >= 11 is 1.56. The van der Waals surface area contributed by atoms with Gasteiger partial charge in [0.2, 0.25) is 17.6 Å². The van der Waals surface area contributed by atoms with Crippen LogP contribution in [0.15, 0.2) is 28.8 Å². The summed E-state index contributed by atoms with van der Waals surface area (Å²) < 4.78 is 5.33. The lowest BCUT2D eigenvalue weighted by Crippen LogP contribution is -2.54. The van der Waals surface area contributed by atoms with Gasteiger partial charge in [-0.05, 0) is 19.4 Å². The Morgan fingerprint density at radius 2 is 2.29 bits per heavy atom. The van der Waals surface area contributed by atoms with Crippen LogP contribution in [0.2, 0.25) is 0 Å². The van der Waals surface area contributed by atoms with Crippen molar-refractivity contribution in [2.45, 2.75) is 50.4 Å². The van der Waals surface area contributed by atoms with Gasteiger partial charge in [-0.25, -0.2) is 0 Å². The Hall–Kier alpha value is -1.86. The highest BCUT2D eigenvalue weighted by molar-refractivity contribution is 7.99. The van der Waals surface area contributed by atoms with Crippen molar-refractivity contribution in [2.24, 2.45) is 0 Å². The minimum Gasteiger partial charge on any atom is -0.338 e. The molecular formula is C17H22N4O2S. The maximum atomic E-state index is 11.8. The second-order valence-electron chi connectivity index (χ2n) is 6.00. The molecule has 7 heteroatoms. The molecule has 1 aliphatic rings. The molecule has 2 aromatic rings. The standard InChI is InChI=1S/C17H22N4O2S/c1-3-5-13-9-14(22)19-17(18-13)24-10-15-20-16(21-23-15)12-7-4-6-11(2)8-12/h4,6-8,13,17-18H,3,5,9-10H2,1-2H3,(H,19,22). The van der Waals surface area contributed by atoms with Gasteiger partial charge in [0, 0.05) is 18.0 Å². The third kappa shape index (κ3) is 4.36. The van der Waals surface area contributed by atoms with Crippen LogP contribution < -0.4 is 10.6 Å². The van der Waals surface area contributed by atoms with Gasteiger partial charge in [-0.15, -0.1) is 11.8 Å². The van der Waals surface area contributed by atoms with Crippen LogP contribution in [-0.4, -0.2) is 27.6 Å². The molecule has 2 unspecified atom stereocenters. The zero-order valence-electron chi connectivity index (χ0n) is 13.9. The lowest BCUT2D eigenvalue weighted by atomic mass is 10.1. The average molecular weight is 346 g/mol. The van der Waals surface area contributed by atoms with Crippen LogP contribution in [0.4, 0.5) is 0 Å². The van der Waals surface area contributed by atoms with Crippen molar-refractivity contribution < 1.29 is 9.32 Å². The fourth-order valence-corrected chi connectivity index (χ4v) is 3.67. The van der Waals surface area contributed by atoms with Crippen molar-refractivity contribution in [3.05, 3.63) is 35.7 Å². The molecule has 2 heterocycles. The van der Waals surface area contributed by atoms with Gasteiger partial charge in [0.1, 0.15) is 5.50 Å². The fraction of sp³-hybridized carbons (Fsp3) is 0.471. The molecule has 0 radical (unpaired) electrons. The second kappa shape index (κ2) is 7.81. The molecule has 0 aliphatic carbocycles. The van der Waals surface area contributed by atoms with E-state index in [1.807, 2.05) is 31.2 Å². The molecule has 24 heavy (non-hydrogen) atoms. The monoisotopic (exact) mass is 346 g/mol. The van der Waals surface area contributed by atoms with Crippen LogP contribution in [0.1, 0.15) is 37.6 Å². The summed E-state index contributed by atoms with van der Waals surface area (Å²) in [5.74, 6) is 1.80. The van der Waals surface area contributed by atoms with E-state index in [1.54, 1.807) is 11.8 Å². The van der Waals surface area contributed by atoms with E-state index in [1.165, 1.54) is 0 Å². The molecular weight excluding hydrogens is 324 g/mol. The highest BCUT2D eigenvalue weighted by Crippen LogP contribution is 2.21. The molecule has 6 nitrogen and oxygen atoms in total. The first-order chi connectivity index (χ1) is 11.6. The van der Waals surface area contributed by atoms with E-state index in [-0.39, 0.29) is 17.4 Å². The van der Waals surface area contributed by atoms with Crippen molar-refractivity contribution in [3.63, 3.8) is 0 Å². The molecule has 1 amide bonds. The van der Waals surface area contributed by atoms with E-state index in [0.29, 0.717) is 23.9 Å². The number of nitrogens with one attached hydrogen (secondary N) is 2. The SMILES string of the molecule is CCCC1CC(=O)NC(SCc2nc(-c3cccc(C)c3)no2)N1. The van der Waals surface area contributed by atoms with Crippen LogP contribution >= 0.6 is 11.8 Å². The Kier molecular flexibility index (Phi) is 5.52. The molecule has 0 spiro atoms. The van der Waals surface area contributed by atoms with Gasteiger partial charge in [-0.1, -0.05) is 42.3 Å². The zero-order valence-corrected chi connectivity index (χ0v) is 14.7. The number of rotatable bonds is 6. The van der Waals surface area contributed by atoms with Gasteiger partial charge in [0.25, 0.3) is 0 Å². The van der Waals surface area contributed by atoms with Crippen molar-refractivity contribution >= 4 is 17.7 Å². The van der Waals surface area contributed by atoms with Gasteiger partial charge in [-0.3, -0.25) is 10.1 Å². The van der Waals surface area contributed by atoms with Crippen molar-refractivity contribution in [2.75, 3.05) is 0 Å². The first-order valence-corrected chi connectivity index (χ1v) is 9.25. The molecule has 3 rings (SSSR count). The number of benzene rings is 1. The number of aromatic nitrogens is 2. The average Bonchev–Trinajstić information content (AvgIpc) is 3.02. The zero-order chi connectivity index (χ0) is 16.9. The third-order valence-electron chi connectivity index (χ3n) is 3.87. The van der Waals surface area contributed by atoms with Gasteiger partial charge in [0.15, 0.2) is 0 Å². The predicted molar refractivity (Wildman–Crippen MR) is 94.1 cm³/mol. The number of nitrogens with zero attached hydrogens (tertiary/aromatic N) is 2. The molecule has 1 aromatic heterocycles. The van der Waals surface area contributed by atoms with Gasteiger partial charge >= 0.3 is 0 Å². The Morgan fingerprint density at radius 3 is 3.08 bits per heavy atom. The molecule has 1 aliphatic heterocycles. The highest BCUT2D eigenvalue weighted by Gasteiger charge is 2.25. The Balaban J connectivity index is 1.58. The molecule has 1 aromatic carbocycles. The molecule has 2 atom stereocenters. The lowest BCUT2D eigenvalue weighted by molar-refractivity contribution is -0.123.